The van der Waals surface area contributed by atoms with Crippen molar-refractivity contribution in [3.63, 3.8) is 0 Å². The van der Waals surface area contributed by atoms with E-state index in [2.05, 4.69) is 12.2 Å². The molecule has 23 heavy (non-hydrogen) atoms. The van der Waals surface area contributed by atoms with Crippen molar-refractivity contribution in [2.24, 2.45) is 5.92 Å². The predicted molar refractivity (Wildman–Crippen MR) is 91.7 cm³/mol. The second kappa shape index (κ2) is 8.99. The highest BCUT2D eigenvalue weighted by Crippen LogP contribution is 2.18. The zero-order valence-electron chi connectivity index (χ0n) is 14.3. The number of carbonyl (C=O) groups excluding carboxylic acids is 1. The first-order chi connectivity index (χ1) is 11.0. The summed E-state index contributed by atoms with van der Waals surface area (Å²) in [6.07, 6.45) is 4.80. The Kier molecular flexibility index (Phi) is 7.30. The van der Waals surface area contributed by atoms with Crippen LogP contribution in [-0.4, -0.2) is 68.6 Å². The Morgan fingerprint density at radius 3 is 2.39 bits per heavy atom. The first-order valence-corrected chi connectivity index (χ1v) is 10.6. The Morgan fingerprint density at radius 1 is 1.13 bits per heavy atom. The van der Waals surface area contributed by atoms with Crippen LogP contribution >= 0.6 is 0 Å². The maximum atomic E-state index is 12.2. The fourth-order valence-corrected chi connectivity index (χ4v) is 4.98. The number of piperidine rings is 1. The molecule has 1 amide bonds. The fourth-order valence-electron chi connectivity index (χ4n) is 3.39. The van der Waals surface area contributed by atoms with Crippen LogP contribution in [0, 0.1) is 5.92 Å². The summed E-state index contributed by atoms with van der Waals surface area (Å²) in [5, 5.41) is 3.36. The highest BCUT2D eigenvalue weighted by Gasteiger charge is 2.26. The third kappa shape index (κ3) is 5.72. The molecule has 7 heteroatoms. The van der Waals surface area contributed by atoms with Gasteiger partial charge in [0.1, 0.15) is 0 Å². The van der Waals surface area contributed by atoms with E-state index >= 15 is 0 Å². The minimum absolute atomic E-state index is 0.107. The minimum atomic E-state index is -3.15. The SMILES string of the molecule is CCNCC1CCN(C(=O)CCCS(=O)(=O)N2CCCC2)CC1. The number of nitrogens with zero attached hydrogens (tertiary/aromatic N) is 2. The molecule has 2 aliphatic rings. The van der Waals surface area contributed by atoms with Crippen molar-refractivity contribution in [3.05, 3.63) is 0 Å². The molecule has 2 rings (SSSR count). The number of sulfonamides is 1. The van der Waals surface area contributed by atoms with Crippen LogP contribution in [0.5, 0.6) is 0 Å². The molecule has 0 saturated carbocycles. The lowest BCUT2D eigenvalue weighted by molar-refractivity contribution is -0.132. The van der Waals surface area contributed by atoms with E-state index in [1.165, 1.54) is 0 Å². The van der Waals surface area contributed by atoms with Crippen LogP contribution in [0.4, 0.5) is 0 Å². The molecule has 6 nitrogen and oxygen atoms in total. The molecular weight excluding hydrogens is 314 g/mol. The van der Waals surface area contributed by atoms with Gasteiger partial charge in [0.15, 0.2) is 0 Å². The van der Waals surface area contributed by atoms with Gasteiger partial charge in [-0.25, -0.2) is 12.7 Å². The van der Waals surface area contributed by atoms with Crippen molar-refractivity contribution in [3.8, 4) is 0 Å². The number of hydrogen-bond acceptors (Lipinski definition) is 4. The van der Waals surface area contributed by atoms with Crippen molar-refractivity contribution in [2.75, 3.05) is 45.0 Å². The lowest BCUT2D eigenvalue weighted by Crippen LogP contribution is -2.41. The van der Waals surface area contributed by atoms with E-state index in [-0.39, 0.29) is 11.7 Å². The molecule has 2 fully saturated rings. The Bertz CT molecular complexity index is 467. The summed E-state index contributed by atoms with van der Waals surface area (Å²) >= 11 is 0. The van der Waals surface area contributed by atoms with Crippen LogP contribution in [-0.2, 0) is 14.8 Å². The van der Waals surface area contributed by atoms with Crippen LogP contribution in [0.25, 0.3) is 0 Å². The molecule has 0 aromatic rings. The largest absolute Gasteiger partial charge is 0.343 e. The lowest BCUT2D eigenvalue weighted by Gasteiger charge is -2.32. The van der Waals surface area contributed by atoms with Crippen LogP contribution in [0.3, 0.4) is 0 Å². The molecule has 2 heterocycles. The quantitative estimate of drug-likeness (QED) is 0.714. The van der Waals surface area contributed by atoms with Crippen molar-refractivity contribution in [1.82, 2.24) is 14.5 Å². The van der Waals surface area contributed by atoms with Gasteiger partial charge in [0.05, 0.1) is 5.75 Å². The van der Waals surface area contributed by atoms with Crippen LogP contribution in [0.1, 0.15) is 45.4 Å². The minimum Gasteiger partial charge on any atom is -0.343 e. The topological polar surface area (TPSA) is 69.7 Å². The van der Waals surface area contributed by atoms with Crippen LogP contribution in [0.2, 0.25) is 0 Å². The van der Waals surface area contributed by atoms with Crippen molar-refractivity contribution >= 4 is 15.9 Å². The highest BCUT2D eigenvalue weighted by atomic mass is 32.2. The molecule has 0 aromatic heterocycles. The summed E-state index contributed by atoms with van der Waals surface area (Å²) in [4.78, 5) is 14.1. The van der Waals surface area contributed by atoms with Gasteiger partial charge in [-0.15, -0.1) is 0 Å². The molecule has 134 valence electrons. The lowest BCUT2D eigenvalue weighted by atomic mass is 9.96. The molecule has 0 bridgehead atoms. The van der Waals surface area contributed by atoms with E-state index in [4.69, 9.17) is 0 Å². The van der Waals surface area contributed by atoms with Gasteiger partial charge in [-0.1, -0.05) is 6.92 Å². The summed E-state index contributed by atoms with van der Waals surface area (Å²) in [5.41, 5.74) is 0. The number of nitrogens with one attached hydrogen (secondary N) is 1. The number of hydrogen-bond donors (Lipinski definition) is 1. The second-order valence-electron chi connectivity index (χ2n) is 6.66. The van der Waals surface area contributed by atoms with E-state index < -0.39 is 10.0 Å². The zero-order valence-corrected chi connectivity index (χ0v) is 15.1. The zero-order chi connectivity index (χ0) is 16.7. The van der Waals surface area contributed by atoms with Crippen LogP contribution < -0.4 is 5.32 Å². The van der Waals surface area contributed by atoms with E-state index in [0.29, 0.717) is 31.8 Å². The summed E-state index contributed by atoms with van der Waals surface area (Å²) in [6, 6.07) is 0. The first kappa shape index (κ1) is 18.7. The Morgan fingerprint density at radius 2 is 1.78 bits per heavy atom. The van der Waals surface area contributed by atoms with Crippen molar-refractivity contribution < 1.29 is 13.2 Å². The van der Waals surface area contributed by atoms with Crippen molar-refractivity contribution in [1.29, 1.82) is 0 Å². The molecule has 1 N–H and O–H groups in total. The van der Waals surface area contributed by atoms with Gasteiger partial charge in [-0.2, -0.15) is 0 Å². The van der Waals surface area contributed by atoms with Crippen LogP contribution in [0.15, 0.2) is 0 Å². The number of rotatable bonds is 8. The summed E-state index contributed by atoms with van der Waals surface area (Å²) < 4.78 is 25.8. The summed E-state index contributed by atoms with van der Waals surface area (Å²) in [5.74, 6) is 0.883. The Labute approximate surface area is 140 Å². The van der Waals surface area contributed by atoms with E-state index in [1.807, 2.05) is 4.90 Å². The molecule has 2 saturated heterocycles. The maximum Gasteiger partial charge on any atom is 0.222 e. The van der Waals surface area contributed by atoms with E-state index in [9.17, 15) is 13.2 Å². The van der Waals surface area contributed by atoms with Gasteiger partial charge < -0.3 is 10.2 Å². The Balaban J connectivity index is 1.65. The molecule has 0 spiro atoms. The monoisotopic (exact) mass is 345 g/mol. The molecule has 0 radical (unpaired) electrons. The Hall–Kier alpha value is -0.660. The average molecular weight is 346 g/mol. The van der Waals surface area contributed by atoms with Gasteiger partial charge in [0, 0.05) is 32.6 Å². The van der Waals surface area contributed by atoms with Gasteiger partial charge in [0.25, 0.3) is 0 Å². The highest BCUT2D eigenvalue weighted by molar-refractivity contribution is 7.89. The molecular formula is C16H31N3O3S. The molecule has 0 unspecified atom stereocenters. The fraction of sp³-hybridized carbons (Fsp3) is 0.938. The van der Waals surface area contributed by atoms with Gasteiger partial charge in [-0.05, 0) is 51.1 Å². The standard InChI is InChI=1S/C16H31N3O3S/c1-2-17-14-15-7-11-18(12-8-15)16(20)6-5-13-23(21,22)19-9-3-4-10-19/h15,17H,2-14H2,1H3. The van der Waals surface area contributed by atoms with Gasteiger partial charge in [-0.3, -0.25) is 4.79 Å². The molecule has 0 atom stereocenters. The number of carbonyl (C=O) groups is 1. The average Bonchev–Trinajstić information content (AvgIpc) is 3.08. The summed E-state index contributed by atoms with van der Waals surface area (Å²) in [6.45, 7) is 7.05. The van der Waals surface area contributed by atoms with E-state index in [1.54, 1.807) is 4.31 Å². The van der Waals surface area contributed by atoms with Gasteiger partial charge >= 0.3 is 0 Å². The normalized spacial score (nSPS) is 21.0. The van der Waals surface area contributed by atoms with E-state index in [0.717, 1.165) is 51.9 Å². The second-order valence-corrected chi connectivity index (χ2v) is 8.75. The predicted octanol–water partition coefficient (Wildman–Crippen LogP) is 1.04. The third-order valence-corrected chi connectivity index (χ3v) is 6.86. The van der Waals surface area contributed by atoms with Gasteiger partial charge in [0.2, 0.25) is 15.9 Å². The molecule has 0 aromatic carbocycles. The maximum absolute atomic E-state index is 12.2. The molecule has 2 aliphatic heterocycles. The smallest absolute Gasteiger partial charge is 0.222 e. The summed E-state index contributed by atoms with van der Waals surface area (Å²) in [7, 11) is -3.15. The molecule has 0 aliphatic carbocycles. The number of likely N-dealkylation sites (tertiary alicyclic amines) is 1. The number of amides is 1. The van der Waals surface area contributed by atoms with Crippen molar-refractivity contribution in [2.45, 2.75) is 45.4 Å². The third-order valence-electron chi connectivity index (χ3n) is 4.90. The first-order valence-electron chi connectivity index (χ1n) is 8.99.